The maximum Gasteiger partial charge on any atom is 0.157 e. The summed E-state index contributed by atoms with van der Waals surface area (Å²) in [5.74, 6) is -0.864. The third-order valence-corrected chi connectivity index (χ3v) is 7.69. The fourth-order valence-electron chi connectivity index (χ4n) is 6.08. The van der Waals surface area contributed by atoms with E-state index in [9.17, 15) is 20.4 Å². The van der Waals surface area contributed by atoms with Crippen LogP contribution in [0.3, 0.4) is 0 Å². The van der Waals surface area contributed by atoms with Gasteiger partial charge in [-0.15, -0.1) is 0 Å². The number of fused-ring (bicyclic) bond motifs is 7. The van der Waals surface area contributed by atoms with Gasteiger partial charge in [0, 0.05) is 0 Å². The summed E-state index contributed by atoms with van der Waals surface area (Å²) in [6, 6.07) is 26.4. The Morgan fingerprint density at radius 2 is 1.08 bits per heavy atom. The number of hydrogen-bond donors (Lipinski definition) is 4. The summed E-state index contributed by atoms with van der Waals surface area (Å²) in [6.45, 7) is 0. The molecule has 4 nitrogen and oxygen atoms in total. The van der Waals surface area contributed by atoms with Gasteiger partial charge in [0.1, 0.15) is 0 Å². The van der Waals surface area contributed by atoms with E-state index in [2.05, 4.69) is 48.6 Å². The first-order valence-electron chi connectivity index (χ1n) is 12.1. The first-order valence-corrected chi connectivity index (χ1v) is 12.1. The minimum Gasteiger partial charge on any atom is -0.504 e. The third-order valence-electron chi connectivity index (χ3n) is 7.69. The Bertz CT molecular complexity index is 1930. The Morgan fingerprint density at radius 1 is 0.541 bits per heavy atom. The molecule has 0 atom stereocenters. The van der Waals surface area contributed by atoms with Crippen molar-refractivity contribution in [3.8, 4) is 23.0 Å². The minimum absolute atomic E-state index is 0.206. The normalized spacial score (nSPS) is 15.4. The lowest BCUT2D eigenvalue weighted by Crippen LogP contribution is -2.35. The van der Waals surface area contributed by atoms with Crippen LogP contribution in [0, 0.1) is 0 Å². The van der Waals surface area contributed by atoms with Crippen LogP contribution in [0.2, 0.25) is 0 Å². The molecule has 0 saturated heterocycles. The average molecular weight is 483 g/mol. The molecular weight excluding hydrogens is 460 g/mol. The topological polar surface area (TPSA) is 80.9 Å². The molecule has 0 aliphatic heterocycles. The van der Waals surface area contributed by atoms with Gasteiger partial charge in [0.05, 0.1) is 5.41 Å². The van der Waals surface area contributed by atoms with Crippen molar-refractivity contribution < 1.29 is 20.4 Å². The highest BCUT2D eigenvalue weighted by Crippen LogP contribution is 2.50. The van der Waals surface area contributed by atoms with Crippen LogP contribution >= 0.6 is 0 Å². The van der Waals surface area contributed by atoms with Crippen LogP contribution < -0.4 is 10.4 Å². The van der Waals surface area contributed by atoms with Crippen LogP contribution in [-0.2, 0) is 5.41 Å². The number of benzene rings is 5. The summed E-state index contributed by atoms with van der Waals surface area (Å²) in [7, 11) is 0. The maximum absolute atomic E-state index is 10.5. The molecule has 2 aliphatic carbocycles. The summed E-state index contributed by atoms with van der Waals surface area (Å²) in [4.78, 5) is 0. The summed E-state index contributed by atoms with van der Waals surface area (Å²) < 4.78 is 0. The lowest BCUT2D eigenvalue weighted by Gasteiger charge is -2.37. The quantitative estimate of drug-likeness (QED) is 0.205. The van der Waals surface area contributed by atoms with Gasteiger partial charge in [-0.25, -0.2) is 0 Å². The lowest BCUT2D eigenvalue weighted by molar-refractivity contribution is 0.401. The fourth-order valence-corrected chi connectivity index (χ4v) is 6.08. The van der Waals surface area contributed by atoms with Crippen molar-refractivity contribution in [1.29, 1.82) is 0 Å². The fraction of sp³-hybridized carbons (Fsp3) is 0.0303. The highest BCUT2D eigenvalue weighted by atomic mass is 16.3. The molecule has 0 heterocycles. The van der Waals surface area contributed by atoms with Gasteiger partial charge in [0.2, 0.25) is 0 Å². The van der Waals surface area contributed by atoms with E-state index in [1.165, 1.54) is 17.5 Å². The van der Waals surface area contributed by atoms with Crippen molar-refractivity contribution in [3.63, 3.8) is 0 Å². The van der Waals surface area contributed by atoms with Gasteiger partial charge in [-0.05, 0) is 84.6 Å². The Morgan fingerprint density at radius 3 is 1.68 bits per heavy atom. The van der Waals surface area contributed by atoms with Crippen molar-refractivity contribution in [2.75, 3.05) is 0 Å². The summed E-state index contributed by atoms with van der Waals surface area (Å²) in [6.07, 6.45) is 8.33. The van der Waals surface area contributed by atoms with E-state index in [-0.39, 0.29) is 23.0 Å². The van der Waals surface area contributed by atoms with Gasteiger partial charge in [-0.2, -0.15) is 0 Å². The Labute approximate surface area is 212 Å². The van der Waals surface area contributed by atoms with Crippen molar-refractivity contribution in [3.05, 3.63) is 130 Å². The predicted octanol–water partition coefficient (Wildman–Crippen LogP) is 5.24. The van der Waals surface area contributed by atoms with Gasteiger partial charge >= 0.3 is 0 Å². The van der Waals surface area contributed by atoms with Crippen molar-refractivity contribution in [2.24, 2.45) is 0 Å². The molecule has 37 heavy (non-hydrogen) atoms. The lowest BCUT2D eigenvalue weighted by atomic mass is 9.65. The zero-order chi connectivity index (χ0) is 25.3. The highest BCUT2D eigenvalue weighted by molar-refractivity contribution is 6.12. The molecule has 0 bridgehead atoms. The maximum atomic E-state index is 10.5. The molecule has 0 fully saturated rings. The summed E-state index contributed by atoms with van der Waals surface area (Å²) >= 11 is 0. The van der Waals surface area contributed by atoms with Crippen LogP contribution in [0.1, 0.15) is 11.1 Å². The molecule has 0 unspecified atom stereocenters. The van der Waals surface area contributed by atoms with Gasteiger partial charge in [-0.1, -0.05) is 78.9 Å². The summed E-state index contributed by atoms with van der Waals surface area (Å²) in [5.41, 5.74) is 2.57. The molecule has 0 amide bonds. The molecule has 0 radical (unpaired) electrons. The molecule has 4 heteroatoms. The Hall–Kier alpha value is -4.96. The van der Waals surface area contributed by atoms with Crippen molar-refractivity contribution in [1.82, 2.24) is 0 Å². The molecular formula is C33H22O4. The van der Waals surface area contributed by atoms with E-state index in [1.807, 2.05) is 24.3 Å². The SMILES string of the molecule is Oc1ccc(C2(c3ccc(O)c(O)c3)C=CC=C3C=c4c(c5ccccc5c5ccccc45)=C32)cc1O. The number of rotatable bonds is 2. The number of phenolic OH excluding ortho intramolecular Hbond substituents is 4. The molecule has 0 saturated carbocycles. The third kappa shape index (κ3) is 2.84. The average Bonchev–Trinajstić information content (AvgIpc) is 3.33. The van der Waals surface area contributed by atoms with Gasteiger partial charge in [0.25, 0.3) is 0 Å². The van der Waals surface area contributed by atoms with E-state index in [0.29, 0.717) is 0 Å². The Balaban J connectivity index is 1.74. The molecule has 5 aromatic rings. The van der Waals surface area contributed by atoms with Gasteiger partial charge in [0.15, 0.2) is 23.0 Å². The molecule has 0 spiro atoms. The zero-order valence-corrected chi connectivity index (χ0v) is 19.7. The van der Waals surface area contributed by atoms with Crippen LogP contribution in [0.25, 0.3) is 33.2 Å². The number of allylic oxidation sites excluding steroid dienone is 4. The summed E-state index contributed by atoms with van der Waals surface area (Å²) in [5, 5.41) is 48.1. The second-order valence-corrected chi connectivity index (χ2v) is 9.60. The van der Waals surface area contributed by atoms with Gasteiger partial charge in [-0.3, -0.25) is 0 Å². The van der Waals surface area contributed by atoms with E-state index < -0.39 is 5.41 Å². The number of phenols is 4. The highest BCUT2D eigenvalue weighted by Gasteiger charge is 2.41. The standard InChI is InChI=1S/C33H22O4/c34-27-13-11-20(17-29(27)36)33(21-12-14-28(35)30(37)18-21)15-5-6-19-16-26-24-9-2-1-7-22(24)23-8-3-4-10-25(23)31(26)32(19)33/h1-18,34-37H. The molecule has 178 valence electrons. The number of hydrogen-bond acceptors (Lipinski definition) is 4. The van der Waals surface area contributed by atoms with E-state index in [1.54, 1.807) is 24.3 Å². The predicted molar refractivity (Wildman–Crippen MR) is 146 cm³/mol. The van der Waals surface area contributed by atoms with E-state index in [0.717, 1.165) is 48.9 Å². The molecule has 2 aliphatic rings. The van der Waals surface area contributed by atoms with Crippen LogP contribution in [0.4, 0.5) is 0 Å². The Kier molecular flexibility index (Phi) is 4.33. The van der Waals surface area contributed by atoms with E-state index in [4.69, 9.17) is 0 Å². The first kappa shape index (κ1) is 21.3. The minimum atomic E-state index is -0.923. The molecule has 7 rings (SSSR count). The van der Waals surface area contributed by atoms with Crippen LogP contribution in [0.5, 0.6) is 23.0 Å². The monoisotopic (exact) mass is 482 g/mol. The van der Waals surface area contributed by atoms with Crippen molar-refractivity contribution in [2.45, 2.75) is 5.41 Å². The van der Waals surface area contributed by atoms with Crippen molar-refractivity contribution >= 4 is 33.2 Å². The second kappa shape index (κ2) is 7.52. The van der Waals surface area contributed by atoms with Crippen LogP contribution in [-0.4, -0.2) is 20.4 Å². The molecule has 5 aromatic carbocycles. The zero-order valence-electron chi connectivity index (χ0n) is 19.7. The second-order valence-electron chi connectivity index (χ2n) is 9.60. The largest absolute Gasteiger partial charge is 0.504 e. The van der Waals surface area contributed by atoms with Gasteiger partial charge < -0.3 is 20.4 Å². The first-order chi connectivity index (χ1) is 18.0. The molecule has 0 aromatic heterocycles. The van der Waals surface area contributed by atoms with Crippen LogP contribution in [0.15, 0.2) is 109 Å². The number of aromatic hydroxyl groups is 4. The smallest absolute Gasteiger partial charge is 0.157 e. The van der Waals surface area contributed by atoms with E-state index >= 15 is 0 Å². The molecule has 4 N–H and O–H groups in total.